The van der Waals surface area contributed by atoms with E-state index in [9.17, 15) is 18.0 Å². The molecule has 1 aliphatic heterocycles. The van der Waals surface area contributed by atoms with Crippen LogP contribution in [0.1, 0.15) is 41.9 Å². The van der Waals surface area contributed by atoms with Gasteiger partial charge in [-0.2, -0.15) is 13.2 Å². The molecule has 1 heterocycles. The summed E-state index contributed by atoms with van der Waals surface area (Å²) in [7, 11) is 0. The standard InChI is InChI=1S/C19H17BrF3NO/c20-13-9-8-12-4-3-7-18(25)24-17-6-2-1-5-14(17)16(15(12)10-13)11-19(21,22)23/h1-2,5-6,8-10,16H,3-4,7,11H2,(H,24,25). The van der Waals surface area contributed by atoms with Crippen molar-refractivity contribution >= 4 is 27.5 Å². The van der Waals surface area contributed by atoms with E-state index in [4.69, 9.17) is 0 Å². The quantitative estimate of drug-likeness (QED) is 0.630. The fraction of sp³-hybridized carbons (Fsp3) is 0.316. The summed E-state index contributed by atoms with van der Waals surface area (Å²) in [6.45, 7) is 0. The average Bonchev–Trinajstić information content (AvgIpc) is 2.53. The van der Waals surface area contributed by atoms with Crippen molar-refractivity contribution in [1.29, 1.82) is 0 Å². The van der Waals surface area contributed by atoms with Gasteiger partial charge in [-0.3, -0.25) is 4.79 Å². The largest absolute Gasteiger partial charge is 0.390 e. The lowest BCUT2D eigenvalue weighted by Gasteiger charge is -2.26. The molecule has 2 nitrogen and oxygen atoms in total. The van der Waals surface area contributed by atoms with Crippen LogP contribution >= 0.6 is 15.9 Å². The van der Waals surface area contributed by atoms with Gasteiger partial charge in [0.05, 0.1) is 6.42 Å². The Morgan fingerprint density at radius 3 is 2.60 bits per heavy atom. The van der Waals surface area contributed by atoms with Crippen LogP contribution in [-0.2, 0) is 11.2 Å². The molecule has 0 saturated heterocycles. The monoisotopic (exact) mass is 411 g/mol. The number of aryl methyl sites for hydroxylation is 1. The van der Waals surface area contributed by atoms with E-state index in [1.165, 1.54) is 0 Å². The highest BCUT2D eigenvalue weighted by atomic mass is 79.9. The molecular formula is C19H17BrF3NO. The molecule has 6 heteroatoms. The van der Waals surface area contributed by atoms with E-state index in [0.29, 0.717) is 36.1 Å². The van der Waals surface area contributed by atoms with E-state index in [0.717, 1.165) is 10.0 Å². The molecule has 3 rings (SSSR count). The molecule has 0 aromatic heterocycles. The number of hydrogen-bond acceptors (Lipinski definition) is 1. The molecule has 0 aliphatic carbocycles. The van der Waals surface area contributed by atoms with Crippen molar-refractivity contribution < 1.29 is 18.0 Å². The number of anilines is 1. The number of amides is 1. The van der Waals surface area contributed by atoms with Gasteiger partial charge in [0, 0.05) is 22.5 Å². The minimum Gasteiger partial charge on any atom is -0.326 e. The lowest BCUT2D eigenvalue weighted by Crippen LogP contribution is -2.20. The van der Waals surface area contributed by atoms with Crippen molar-refractivity contribution in [2.24, 2.45) is 0 Å². The fourth-order valence-corrected chi connectivity index (χ4v) is 3.68. The molecule has 1 N–H and O–H groups in total. The Labute approximate surface area is 152 Å². The van der Waals surface area contributed by atoms with Gasteiger partial charge in [0.2, 0.25) is 5.91 Å². The third-order valence-electron chi connectivity index (χ3n) is 4.38. The molecular weight excluding hydrogens is 395 g/mol. The Balaban J connectivity index is 2.20. The molecule has 2 aromatic rings. The number of alkyl halides is 3. The summed E-state index contributed by atoms with van der Waals surface area (Å²) >= 11 is 3.38. The number of rotatable bonds is 1. The molecule has 0 fully saturated rings. The van der Waals surface area contributed by atoms with Crippen LogP contribution in [0.2, 0.25) is 0 Å². The number of benzene rings is 2. The van der Waals surface area contributed by atoms with Crippen LogP contribution in [0, 0.1) is 0 Å². The summed E-state index contributed by atoms with van der Waals surface area (Å²) < 4.78 is 40.7. The number of halogens is 4. The van der Waals surface area contributed by atoms with Gasteiger partial charge < -0.3 is 5.32 Å². The van der Waals surface area contributed by atoms with E-state index in [-0.39, 0.29) is 5.91 Å². The van der Waals surface area contributed by atoms with Crippen molar-refractivity contribution in [2.45, 2.75) is 37.8 Å². The van der Waals surface area contributed by atoms with Crippen LogP contribution in [-0.4, -0.2) is 12.1 Å². The molecule has 0 radical (unpaired) electrons. The van der Waals surface area contributed by atoms with Crippen molar-refractivity contribution in [3.05, 3.63) is 63.6 Å². The summed E-state index contributed by atoms with van der Waals surface area (Å²) in [6.07, 6.45) is -3.77. The van der Waals surface area contributed by atoms with Crippen LogP contribution in [0.4, 0.5) is 18.9 Å². The highest BCUT2D eigenvalue weighted by Gasteiger charge is 2.35. The van der Waals surface area contributed by atoms with Gasteiger partial charge in [0.1, 0.15) is 0 Å². The molecule has 0 spiro atoms. The number of fused-ring (bicyclic) bond motifs is 2. The van der Waals surface area contributed by atoms with Crippen molar-refractivity contribution in [3.8, 4) is 0 Å². The first-order valence-corrected chi connectivity index (χ1v) is 8.86. The van der Waals surface area contributed by atoms with E-state index in [1.807, 2.05) is 12.1 Å². The molecule has 132 valence electrons. The highest BCUT2D eigenvalue weighted by molar-refractivity contribution is 9.10. The van der Waals surface area contributed by atoms with Gasteiger partial charge in [-0.05, 0) is 47.7 Å². The molecule has 1 amide bonds. The predicted octanol–water partition coefficient (Wildman–Crippen LogP) is 5.81. The number of nitrogens with one attached hydrogen (secondary N) is 1. The summed E-state index contributed by atoms with van der Waals surface area (Å²) in [4.78, 5) is 12.1. The Morgan fingerprint density at radius 1 is 1.08 bits per heavy atom. The summed E-state index contributed by atoms with van der Waals surface area (Å²) in [6, 6.07) is 12.2. The van der Waals surface area contributed by atoms with Gasteiger partial charge in [0.15, 0.2) is 0 Å². The van der Waals surface area contributed by atoms with E-state index >= 15 is 0 Å². The minimum atomic E-state index is -4.31. The Bertz CT molecular complexity index is 788. The van der Waals surface area contributed by atoms with Crippen LogP contribution in [0.5, 0.6) is 0 Å². The van der Waals surface area contributed by atoms with Crippen molar-refractivity contribution in [2.75, 3.05) is 5.32 Å². The molecule has 1 unspecified atom stereocenters. The SMILES string of the molecule is O=C1CCCc2ccc(Br)cc2C(CC(F)(F)F)c2ccccc2N1. The Hall–Kier alpha value is -1.82. The lowest BCUT2D eigenvalue weighted by molar-refractivity contribution is -0.136. The van der Waals surface area contributed by atoms with Crippen LogP contribution < -0.4 is 5.32 Å². The van der Waals surface area contributed by atoms with Gasteiger partial charge in [-0.25, -0.2) is 0 Å². The Morgan fingerprint density at radius 2 is 1.84 bits per heavy atom. The van der Waals surface area contributed by atoms with Crippen LogP contribution in [0.15, 0.2) is 46.9 Å². The summed E-state index contributed by atoms with van der Waals surface area (Å²) in [5.74, 6) is -1.03. The number of carbonyl (C=O) groups excluding carboxylic acids is 1. The smallest absolute Gasteiger partial charge is 0.326 e. The van der Waals surface area contributed by atoms with Gasteiger partial charge in [-0.1, -0.05) is 40.2 Å². The molecule has 2 aromatic carbocycles. The fourth-order valence-electron chi connectivity index (χ4n) is 3.30. The maximum atomic E-state index is 13.3. The normalized spacial score (nSPS) is 18.1. The van der Waals surface area contributed by atoms with E-state index in [1.54, 1.807) is 30.3 Å². The van der Waals surface area contributed by atoms with Crippen LogP contribution in [0.3, 0.4) is 0 Å². The van der Waals surface area contributed by atoms with Crippen molar-refractivity contribution in [3.63, 3.8) is 0 Å². The average molecular weight is 412 g/mol. The first kappa shape index (κ1) is 18.0. The van der Waals surface area contributed by atoms with Gasteiger partial charge >= 0.3 is 6.18 Å². The van der Waals surface area contributed by atoms with E-state index < -0.39 is 18.5 Å². The maximum Gasteiger partial charge on any atom is 0.390 e. The van der Waals surface area contributed by atoms with Crippen LogP contribution in [0.25, 0.3) is 0 Å². The molecule has 25 heavy (non-hydrogen) atoms. The zero-order valence-electron chi connectivity index (χ0n) is 13.4. The van der Waals surface area contributed by atoms with Gasteiger partial charge in [0.25, 0.3) is 0 Å². The second kappa shape index (κ2) is 7.20. The minimum absolute atomic E-state index is 0.168. The number of hydrogen-bond donors (Lipinski definition) is 1. The second-order valence-corrected chi connectivity index (χ2v) is 7.12. The molecule has 1 aliphatic rings. The Kier molecular flexibility index (Phi) is 5.18. The lowest BCUT2D eigenvalue weighted by atomic mass is 9.83. The number of para-hydroxylation sites is 1. The second-order valence-electron chi connectivity index (χ2n) is 6.20. The molecule has 0 bridgehead atoms. The first-order valence-electron chi connectivity index (χ1n) is 8.07. The predicted molar refractivity (Wildman–Crippen MR) is 94.7 cm³/mol. The third-order valence-corrected chi connectivity index (χ3v) is 4.87. The summed E-state index contributed by atoms with van der Waals surface area (Å²) in [5.41, 5.74) is 2.47. The van der Waals surface area contributed by atoms with Gasteiger partial charge in [-0.15, -0.1) is 0 Å². The maximum absolute atomic E-state index is 13.3. The van der Waals surface area contributed by atoms with E-state index in [2.05, 4.69) is 21.2 Å². The zero-order chi connectivity index (χ0) is 18.0. The zero-order valence-corrected chi connectivity index (χ0v) is 15.0. The van der Waals surface area contributed by atoms with Crippen molar-refractivity contribution in [1.82, 2.24) is 0 Å². The number of carbonyl (C=O) groups is 1. The molecule has 1 atom stereocenters. The topological polar surface area (TPSA) is 29.1 Å². The summed E-state index contributed by atoms with van der Waals surface area (Å²) in [5, 5.41) is 2.77. The molecule has 0 saturated carbocycles. The first-order chi connectivity index (χ1) is 11.8. The highest BCUT2D eigenvalue weighted by Crippen LogP contribution is 2.41. The third kappa shape index (κ3) is 4.42.